The van der Waals surface area contributed by atoms with Crippen LogP contribution in [0, 0.1) is 0 Å². The monoisotopic (exact) mass is 342 g/mol. The largest absolute Gasteiger partial charge is 0.492 e. The van der Waals surface area contributed by atoms with Gasteiger partial charge in [-0.1, -0.05) is 30.3 Å². The molecule has 0 amide bonds. The van der Waals surface area contributed by atoms with E-state index in [9.17, 15) is 8.42 Å². The van der Waals surface area contributed by atoms with Gasteiger partial charge in [0.15, 0.2) is 0 Å². The Balaban J connectivity index is 2.45. The normalized spacial score (nSPS) is 11.3. The average molecular weight is 343 g/mol. The highest BCUT2D eigenvalue weighted by Gasteiger charge is 2.14. The van der Waals surface area contributed by atoms with Crippen molar-refractivity contribution < 1.29 is 13.2 Å². The van der Waals surface area contributed by atoms with E-state index >= 15 is 0 Å². The summed E-state index contributed by atoms with van der Waals surface area (Å²) in [6.45, 7) is 0.563. The van der Waals surface area contributed by atoms with Crippen molar-refractivity contribution >= 4 is 31.5 Å². The van der Waals surface area contributed by atoms with Gasteiger partial charge in [-0.05, 0) is 30.0 Å². The summed E-state index contributed by atoms with van der Waals surface area (Å²) in [7, 11) is 1.66. The highest BCUT2D eigenvalue weighted by molar-refractivity contribution is 8.13. The third-order valence-electron chi connectivity index (χ3n) is 2.86. The molecule has 0 aliphatic carbocycles. The Morgan fingerprint density at radius 3 is 2.48 bits per heavy atom. The Kier molecular flexibility index (Phi) is 5.56. The Morgan fingerprint density at radius 1 is 1.14 bits per heavy atom. The fraction of sp³-hybridized carbons (Fsp3) is 0.200. The number of rotatable bonds is 6. The summed E-state index contributed by atoms with van der Waals surface area (Å²) in [5, 5.41) is 0. The average Bonchev–Trinajstić information content (AvgIpc) is 2.47. The van der Waals surface area contributed by atoms with Gasteiger partial charge in [-0.2, -0.15) is 11.8 Å². The number of hydrogen-bond donors (Lipinski definition) is 0. The Labute approximate surface area is 133 Å². The van der Waals surface area contributed by atoms with Gasteiger partial charge < -0.3 is 4.74 Å². The molecule has 0 saturated carbocycles. The van der Waals surface area contributed by atoms with E-state index in [1.54, 1.807) is 23.9 Å². The van der Waals surface area contributed by atoms with Crippen molar-refractivity contribution in [1.82, 2.24) is 0 Å². The first-order chi connectivity index (χ1) is 10.0. The molecule has 0 N–H and O–H groups in total. The molecule has 0 aromatic heterocycles. The molecule has 0 radical (unpaired) electrons. The minimum absolute atomic E-state index is 0.0697. The molecule has 2 aromatic rings. The van der Waals surface area contributed by atoms with E-state index in [1.165, 1.54) is 6.07 Å². The molecule has 21 heavy (non-hydrogen) atoms. The highest BCUT2D eigenvalue weighted by Crippen LogP contribution is 2.33. The Morgan fingerprint density at radius 2 is 1.86 bits per heavy atom. The molecular weight excluding hydrogens is 328 g/mol. The number of thioether (sulfide) groups is 1. The maximum absolute atomic E-state index is 11.5. The minimum atomic E-state index is -3.76. The molecule has 0 bridgehead atoms. The molecule has 3 nitrogen and oxygen atoms in total. The van der Waals surface area contributed by atoms with E-state index in [0.29, 0.717) is 12.4 Å². The predicted octanol–water partition coefficient (Wildman–Crippen LogP) is 4.02. The summed E-state index contributed by atoms with van der Waals surface area (Å²) in [5.74, 6) is 1.52. The Hall–Kier alpha value is -1.17. The summed E-state index contributed by atoms with van der Waals surface area (Å²) in [6.07, 6.45) is 2.00. The van der Waals surface area contributed by atoms with Crippen LogP contribution in [0.3, 0.4) is 0 Å². The summed E-state index contributed by atoms with van der Waals surface area (Å²) in [4.78, 5) is 0.0697. The van der Waals surface area contributed by atoms with Crippen molar-refractivity contribution in [3.8, 4) is 16.9 Å². The summed E-state index contributed by atoms with van der Waals surface area (Å²) in [5.41, 5.74) is 1.61. The second-order valence-corrected chi connectivity index (χ2v) is 7.85. The summed E-state index contributed by atoms with van der Waals surface area (Å²) in [6, 6.07) is 14.2. The molecule has 2 rings (SSSR count). The van der Waals surface area contributed by atoms with Crippen LogP contribution in [0.25, 0.3) is 11.1 Å². The van der Waals surface area contributed by atoms with Crippen molar-refractivity contribution in [3.63, 3.8) is 0 Å². The van der Waals surface area contributed by atoms with E-state index < -0.39 is 9.05 Å². The van der Waals surface area contributed by atoms with Crippen LogP contribution >= 0.6 is 22.4 Å². The SMILES string of the molecule is CSCCOc1ccc(S(=O)(=O)Cl)cc1-c1ccccc1. The van der Waals surface area contributed by atoms with E-state index in [2.05, 4.69) is 0 Å². The lowest BCUT2D eigenvalue weighted by Gasteiger charge is -2.12. The van der Waals surface area contributed by atoms with Crippen LogP contribution < -0.4 is 4.74 Å². The molecule has 0 spiro atoms. The van der Waals surface area contributed by atoms with Crippen LogP contribution in [0.2, 0.25) is 0 Å². The van der Waals surface area contributed by atoms with Gasteiger partial charge in [-0.25, -0.2) is 8.42 Å². The highest BCUT2D eigenvalue weighted by atomic mass is 35.7. The smallest absolute Gasteiger partial charge is 0.261 e. The van der Waals surface area contributed by atoms with Crippen LogP contribution in [0.15, 0.2) is 53.4 Å². The second kappa shape index (κ2) is 7.20. The van der Waals surface area contributed by atoms with Crippen molar-refractivity contribution in [2.45, 2.75) is 4.90 Å². The van der Waals surface area contributed by atoms with Crippen molar-refractivity contribution in [2.24, 2.45) is 0 Å². The van der Waals surface area contributed by atoms with Crippen LogP contribution in [-0.2, 0) is 9.05 Å². The van der Waals surface area contributed by atoms with Crippen molar-refractivity contribution in [1.29, 1.82) is 0 Å². The lowest BCUT2D eigenvalue weighted by molar-refractivity contribution is 0.345. The zero-order valence-corrected chi connectivity index (χ0v) is 13.8. The van der Waals surface area contributed by atoms with Gasteiger partial charge in [0.1, 0.15) is 5.75 Å². The first-order valence-electron chi connectivity index (χ1n) is 6.28. The predicted molar refractivity (Wildman–Crippen MR) is 88.8 cm³/mol. The van der Waals surface area contributed by atoms with E-state index in [0.717, 1.165) is 16.9 Å². The molecule has 0 atom stereocenters. The molecule has 0 fully saturated rings. The zero-order chi connectivity index (χ0) is 15.3. The number of hydrogen-bond acceptors (Lipinski definition) is 4. The van der Waals surface area contributed by atoms with Crippen LogP contribution in [0.5, 0.6) is 5.75 Å². The first-order valence-corrected chi connectivity index (χ1v) is 9.98. The molecule has 0 saturated heterocycles. The van der Waals surface area contributed by atoms with Crippen molar-refractivity contribution in [3.05, 3.63) is 48.5 Å². The van der Waals surface area contributed by atoms with E-state index in [1.807, 2.05) is 36.6 Å². The molecule has 0 aliphatic rings. The molecule has 112 valence electrons. The topological polar surface area (TPSA) is 43.4 Å². The Bertz CT molecular complexity index is 700. The van der Waals surface area contributed by atoms with Crippen molar-refractivity contribution in [2.75, 3.05) is 18.6 Å². The van der Waals surface area contributed by atoms with Gasteiger partial charge in [0.25, 0.3) is 9.05 Å². The molecule has 2 aromatic carbocycles. The molecule has 0 unspecified atom stereocenters. The minimum Gasteiger partial charge on any atom is -0.492 e. The second-order valence-electron chi connectivity index (χ2n) is 4.30. The van der Waals surface area contributed by atoms with Crippen LogP contribution in [0.4, 0.5) is 0 Å². The van der Waals surface area contributed by atoms with Crippen LogP contribution in [0.1, 0.15) is 0 Å². The van der Waals surface area contributed by atoms with Gasteiger partial charge in [0.2, 0.25) is 0 Å². The molecule has 0 aliphatic heterocycles. The van der Waals surface area contributed by atoms with Gasteiger partial charge in [0.05, 0.1) is 11.5 Å². The first kappa shape index (κ1) is 16.2. The maximum Gasteiger partial charge on any atom is 0.261 e. The number of halogens is 1. The fourth-order valence-corrected chi connectivity index (χ4v) is 2.89. The van der Waals surface area contributed by atoms with Gasteiger partial charge in [0, 0.05) is 22.0 Å². The molecule has 6 heteroatoms. The van der Waals surface area contributed by atoms with Gasteiger partial charge in [-0.15, -0.1) is 0 Å². The lowest BCUT2D eigenvalue weighted by atomic mass is 10.0. The van der Waals surface area contributed by atoms with Gasteiger partial charge in [-0.3, -0.25) is 0 Å². The number of benzene rings is 2. The summed E-state index contributed by atoms with van der Waals surface area (Å²) >= 11 is 1.69. The standard InChI is InChI=1S/C15H15ClO3S2/c1-20-10-9-19-15-8-7-13(21(16,17)18)11-14(15)12-5-3-2-4-6-12/h2-8,11H,9-10H2,1H3. The summed E-state index contributed by atoms with van der Waals surface area (Å²) < 4.78 is 28.8. The number of ether oxygens (including phenoxy) is 1. The van der Waals surface area contributed by atoms with E-state index in [-0.39, 0.29) is 4.90 Å². The molecular formula is C15H15ClO3S2. The third-order valence-corrected chi connectivity index (χ3v) is 4.79. The maximum atomic E-state index is 11.5. The third kappa shape index (κ3) is 4.40. The van der Waals surface area contributed by atoms with Gasteiger partial charge >= 0.3 is 0 Å². The fourth-order valence-electron chi connectivity index (χ4n) is 1.86. The van der Waals surface area contributed by atoms with Crippen LogP contribution in [-0.4, -0.2) is 27.0 Å². The molecule has 0 heterocycles. The lowest BCUT2D eigenvalue weighted by Crippen LogP contribution is -2.02. The quantitative estimate of drug-likeness (QED) is 0.587. The van der Waals surface area contributed by atoms with E-state index in [4.69, 9.17) is 15.4 Å². The zero-order valence-electron chi connectivity index (χ0n) is 11.5.